The third kappa shape index (κ3) is 2.63. The molecule has 1 fully saturated rings. The Balaban J connectivity index is 1.71. The van der Waals surface area contributed by atoms with Crippen molar-refractivity contribution in [2.45, 2.75) is 43.8 Å². The summed E-state index contributed by atoms with van der Waals surface area (Å²) in [5, 5.41) is 38.3. The maximum Gasteiger partial charge on any atom is 0.254 e. The number of aliphatic hydroxyl groups excluding tert-OH is 3. The molecule has 0 radical (unpaired) electrons. The van der Waals surface area contributed by atoms with Crippen molar-refractivity contribution in [1.29, 1.82) is 0 Å². The van der Waals surface area contributed by atoms with Gasteiger partial charge in [-0.1, -0.05) is 36.4 Å². The summed E-state index contributed by atoms with van der Waals surface area (Å²) in [6, 6.07) is 15.5. The second-order valence-corrected chi connectivity index (χ2v) is 9.61. The van der Waals surface area contributed by atoms with Crippen LogP contribution in [0.15, 0.2) is 48.5 Å². The lowest BCUT2D eigenvalue weighted by Gasteiger charge is -2.40. The highest BCUT2D eigenvalue weighted by atomic mass is 16.5. The number of rotatable bonds is 2. The monoisotopic (exact) mass is 487 g/mol. The number of para-hydroxylation sites is 2. The minimum absolute atomic E-state index is 0.245. The lowest BCUT2D eigenvalue weighted by atomic mass is 9.96. The molecular weight excluding hydrogens is 462 g/mol. The highest BCUT2D eigenvalue weighted by molar-refractivity contribution is 6.30. The highest BCUT2D eigenvalue weighted by Crippen LogP contribution is 2.48. The van der Waals surface area contributed by atoms with E-state index in [0.717, 1.165) is 38.3 Å². The Labute approximate surface area is 204 Å². The lowest BCUT2D eigenvalue weighted by Crippen LogP contribution is -2.54. The Morgan fingerprint density at radius 2 is 1.67 bits per heavy atom. The fourth-order valence-electron chi connectivity index (χ4n) is 6.07. The topological polar surface area (TPSA) is 129 Å². The van der Waals surface area contributed by atoms with Crippen LogP contribution >= 0.6 is 0 Å². The van der Waals surface area contributed by atoms with Crippen LogP contribution in [0.2, 0.25) is 0 Å². The number of fused-ring (bicyclic) bond motifs is 10. The number of methoxy groups -OCH3 is 1. The van der Waals surface area contributed by atoms with Gasteiger partial charge in [0, 0.05) is 39.7 Å². The molecule has 0 saturated carbocycles. The van der Waals surface area contributed by atoms with Gasteiger partial charge < -0.3 is 39.7 Å². The zero-order valence-corrected chi connectivity index (χ0v) is 19.6. The molecule has 9 nitrogen and oxygen atoms in total. The van der Waals surface area contributed by atoms with Gasteiger partial charge >= 0.3 is 0 Å². The molecule has 2 aromatic heterocycles. The molecule has 184 valence electrons. The number of carbonyl (C=O) groups excluding carboxylic acids is 1. The number of ether oxygens (including phenoxy) is 2. The summed E-state index contributed by atoms with van der Waals surface area (Å²) in [6.45, 7) is 1.66. The Bertz CT molecular complexity index is 1700. The molecular formula is C27H25N3O6. The van der Waals surface area contributed by atoms with E-state index >= 15 is 0 Å². The number of aliphatic hydroxyl groups is 3. The van der Waals surface area contributed by atoms with Gasteiger partial charge in [-0.2, -0.15) is 0 Å². The third-order valence-corrected chi connectivity index (χ3v) is 7.71. The quantitative estimate of drug-likeness (QED) is 0.260. The molecule has 5 N–H and O–H groups in total. The van der Waals surface area contributed by atoms with Gasteiger partial charge in [0.05, 0.1) is 28.2 Å². The van der Waals surface area contributed by atoms with Crippen molar-refractivity contribution < 1.29 is 29.6 Å². The maximum absolute atomic E-state index is 13.4. The smallest absolute Gasteiger partial charge is 0.254 e. The molecule has 1 amide bonds. The van der Waals surface area contributed by atoms with Gasteiger partial charge in [-0.3, -0.25) is 4.79 Å². The number of hydrogen-bond acceptors (Lipinski definition) is 6. The van der Waals surface area contributed by atoms with Crippen LogP contribution in [0.3, 0.4) is 0 Å². The van der Waals surface area contributed by atoms with Gasteiger partial charge in [0.15, 0.2) is 12.5 Å². The van der Waals surface area contributed by atoms with Crippen molar-refractivity contribution in [3.8, 4) is 0 Å². The van der Waals surface area contributed by atoms with Gasteiger partial charge in [-0.15, -0.1) is 0 Å². The minimum Gasteiger partial charge on any atom is -0.388 e. The summed E-state index contributed by atoms with van der Waals surface area (Å²) in [5.41, 5.74) is 4.34. The van der Waals surface area contributed by atoms with E-state index in [1.165, 1.54) is 0 Å². The molecule has 0 aliphatic carbocycles. The number of aromatic amines is 1. The Morgan fingerprint density at radius 3 is 2.44 bits per heavy atom. The molecule has 5 aromatic rings. The largest absolute Gasteiger partial charge is 0.388 e. The van der Waals surface area contributed by atoms with Crippen molar-refractivity contribution in [2.24, 2.45) is 0 Å². The SMILES string of the molecule is CO[C@H]1NC(=O)c2c1c1c3ccccc3[nH]c1c1c2c2ccccc2n1[C@@H]1O[C@@H](C)[C@H](O)[C@@H](O)[C@H]1O. The van der Waals surface area contributed by atoms with Crippen LogP contribution in [0.25, 0.3) is 43.6 Å². The third-order valence-electron chi connectivity index (χ3n) is 7.71. The fourth-order valence-corrected chi connectivity index (χ4v) is 6.07. The number of H-pyrrole nitrogens is 1. The average Bonchev–Trinajstić information content (AvgIpc) is 3.54. The molecule has 36 heavy (non-hydrogen) atoms. The Morgan fingerprint density at radius 1 is 0.944 bits per heavy atom. The van der Waals surface area contributed by atoms with Crippen LogP contribution in [-0.4, -0.2) is 62.3 Å². The zero-order valence-electron chi connectivity index (χ0n) is 19.6. The molecule has 0 bridgehead atoms. The van der Waals surface area contributed by atoms with E-state index in [2.05, 4.69) is 10.3 Å². The van der Waals surface area contributed by atoms with Crippen LogP contribution < -0.4 is 5.32 Å². The molecule has 2 aliphatic rings. The van der Waals surface area contributed by atoms with Gasteiger partial charge in [0.1, 0.15) is 18.3 Å². The number of carbonyl (C=O) groups is 1. The molecule has 1 saturated heterocycles. The Hall–Kier alpha value is -3.47. The van der Waals surface area contributed by atoms with Crippen molar-refractivity contribution in [2.75, 3.05) is 7.11 Å². The van der Waals surface area contributed by atoms with Gasteiger partial charge in [-0.25, -0.2) is 0 Å². The number of nitrogens with zero attached hydrogens (tertiary/aromatic N) is 1. The maximum atomic E-state index is 13.4. The predicted molar refractivity (Wildman–Crippen MR) is 134 cm³/mol. The van der Waals surface area contributed by atoms with E-state index in [1.807, 2.05) is 53.1 Å². The molecule has 9 heteroatoms. The Kier molecular flexibility index (Phi) is 4.55. The first-order valence-electron chi connectivity index (χ1n) is 11.9. The van der Waals surface area contributed by atoms with Gasteiger partial charge in [0.25, 0.3) is 5.91 Å². The van der Waals surface area contributed by atoms with E-state index in [1.54, 1.807) is 14.0 Å². The van der Waals surface area contributed by atoms with Crippen LogP contribution in [-0.2, 0) is 9.47 Å². The van der Waals surface area contributed by atoms with E-state index < -0.39 is 36.9 Å². The van der Waals surface area contributed by atoms with Crippen molar-refractivity contribution in [1.82, 2.24) is 14.9 Å². The zero-order chi connectivity index (χ0) is 24.9. The highest BCUT2D eigenvalue weighted by Gasteiger charge is 2.45. The molecule has 3 aromatic carbocycles. The summed E-state index contributed by atoms with van der Waals surface area (Å²) < 4.78 is 13.7. The number of hydrogen-bond donors (Lipinski definition) is 5. The van der Waals surface area contributed by atoms with Crippen LogP contribution in [0.4, 0.5) is 0 Å². The average molecular weight is 488 g/mol. The number of amides is 1. The van der Waals surface area contributed by atoms with Crippen molar-refractivity contribution in [3.63, 3.8) is 0 Å². The molecule has 4 heterocycles. The standard InChI is InChI=1S/C27H25N3O6/c1-11-22(31)23(32)24(33)27(36-11)30-15-10-6-4-8-13(15)17-18-19(26(35-2)29-25(18)34)16-12-7-3-5-9-14(12)28-20(16)21(17)30/h3-11,22-24,26-28,31-33H,1-2H3,(H,29,34)/t11-,22-,23+,24+,26+,27+/m0/s1. The molecule has 6 atom stereocenters. The van der Waals surface area contributed by atoms with E-state index in [-0.39, 0.29) is 5.91 Å². The first kappa shape index (κ1) is 21.8. The van der Waals surface area contributed by atoms with Crippen molar-refractivity contribution >= 4 is 49.5 Å². The summed E-state index contributed by atoms with van der Waals surface area (Å²) >= 11 is 0. The minimum atomic E-state index is -1.40. The normalized spacial score (nSPS) is 28.4. The van der Waals surface area contributed by atoms with Gasteiger partial charge in [0.2, 0.25) is 0 Å². The van der Waals surface area contributed by atoms with E-state index in [9.17, 15) is 20.1 Å². The first-order chi connectivity index (χ1) is 17.4. The van der Waals surface area contributed by atoms with E-state index in [0.29, 0.717) is 16.5 Å². The summed E-state index contributed by atoms with van der Waals surface area (Å²) in [4.78, 5) is 17.0. The molecule has 0 unspecified atom stereocenters. The number of benzene rings is 3. The molecule has 2 aliphatic heterocycles. The second kappa shape index (κ2) is 7.52. The summed E-state index contributed by atoms with van der Waals surface area (Å²) in [5.74, 6) is -0.245. The van der Waals surface area contributed by atoms with Crippen LogP contribution in [0.5, 0.6) is 0 Å². The fraction of sp³-hybridized carbons (Fsp3) is 0.296. The number of nitrogens with one attached hydrogen (secondary N) is 2. The first-order valence-corrected chi connectivity index (χ1v) is 11.9. The molecule has 0 spiro atoms. The van der Waals surface area contributed by atoms with Crippen molar-refractivity contribution in [3.05, 3.63) is 59.7 Å². The van der Waals surface area contributed by atoms with Crippen LogP contribution in [0, 0.1) is 0 Å². The van der Waals surface area contributed by atoms with Gasteiger partial charge in [-0.05, 0) is 19.1 Å². The lowest BCUT2D eigenvalue weighted by molar-refractivity contribution is -0.238. The summed E-state index contributed by atoms with van der Waals surface area (Å²) in [6.07, 6.45) is -6.37. The number of aromatic nitrogens is 2. The van der Waals surface area contributed by atoms with Crippen LogP contribution in [0.1, 0.15) is 35.3 Å². The predicted octanol–water partition coefficient (Wildman–Crippen LogP) is 2.82. The molecule has 7 rings (SSSR count). The van der Waals surface area contributed by atoms with E-state index in [4.69, 9.17) is 9.47 Å². The second-order valence-electron chi connectivity index (χ2n) is 9.61. The summed E-state index contributed by atoms with van der Waals surface area (Å²) in [7, 11) is 1.56.